The number of nitrogens with zero attached hydrogens (tertiary/aromatic N) is 3. The predicted molar refractivity (Wildman–Crippen MR) is 101 cm³/mol. The Morgan fingerprint density at radius 1 is 1.09 bits per heavy atom. The molecule has 0 atom stereocenters. The van der Waals surface area contributed by atoms with Crippen molar-refractivity contribution in [2.45, 2.75) is 30.8 Å². The zero-order valence-electron chi connectivity index (χ0n) is 16.5. The van der Waals surface area contributed by atoms with Crippen molar-refractivity contribution in [3.8, 4) is 11.4 Å². The van der Waals surface area contributed by atoms with Gasteiger partial charge in [0.15, 0.2) is 5.82 Å². The molecule has 33 heavy (non-hydrogen) atoms. The Morgan fingerprint density at radius 3 is 2.27 bits per heavy atom. The van der Waals surface area contributed by atoms with Gasteiger partial charge in [0.05, 0.1) is 5.56 Å². The van der Waals surface area contributed by atoms with E-state index in [0.29, 0.717) is 12.8 Å². The van der Waals surface area contributed by atoms with Crippen LogP contribution in [-0.4, -0.2) is 26.6 Å². The van der Waals surface area contributed by atoms with Crippen LogP contribution in [0.1, 0.15) is 25.3 Å². The third kappa shape index (κ3) is 6.00. The quantitative estimate of drug-likeness (QED) is 0.339. The molecule has 0 radical (unpaired) electrons. The fourth-order valence-corrected chi connectivity index (χ4v) is 3.16. The summed E-state index contributed by atoms with van der Waals surface area (Å²) in [6.07, 6.45) is -1.45. The predicted octanol–water partition coefficient (Wildman–Crippen LogP) is 5.04. The topological polar surface area (TPSA) is 88.9 Å². The summed E-state index contributed by atoms with van der Waals surface area (Å²) in [5.41, 5.74) is 0.777. The van der Waals surface area contributed by atoms with Crippen LogP contribution in [0.25, 0.3) is 17.6 Å². The first kappa shape index (κ1) is 24.5. The number of carbonyl (C=O) groups excluding carboxylic acids is 2. The fraction of sp³-hybridized carbons (Fsp3) is 0.294. The number of hydrazine groups is 1. The van der Waals surface area contributed by atoms with Crippen molar-refractivity contribution in [2.24, 2.45) is 5.41 Å². The third-order valence-corrected chi connectivity index (χ3v) is 5.80. The molecule has 1 fully saturated rings. The lowest BCUT2D eigenvalue weighted by molar-refractivity contribution is -0.137. The first-order valence-corrected chi connectivity index (χ1v) is 10.9. The van der Waals surface area contributed by atoms with E-state index in [1.54, 1.807) is 6.92 Å². The van der Waals surface area contributed by atoms with Gasteiger partial charge in [0, 0.05) is 23.3 Å². The highest BCUT2D eigenvalue weighted by molar-refractivity contribution is 8.45. The number of hydrogen-bond donors (Lipinski definition) is 2. The number of aromatic nitrogens is 3. The van der Waals surface area contributed by atoms with Crippen LogP contribution in [0, 0.1) is 5.41 Å². The van der Waals surface area contributed by atoms with Crippen molar-refractivity contribution >= 4 is 28.2 Å². The maximum Gasteiger partial charge on any atom is 0.416 e. The van der Waals surface area contributed by atoms with Crippen LogP contribution >= 0.6 is 10.2 Å². The van der Waals surface area contributed by atoms with E-state index in [-0.39, 0.29) is 12.1 Å². The Hall–Kier alpha value is -3.17. The van der Waals surface area contributed by atoms with Crippen LogP contribution in [-0.2, 0) is 15.8 Å². The van der Waals surface area contributed by atoms with E-state index in [1.807, 2.05) is 0 Å². The second-order valence-corrected chi connectivity index (χ2v) is 9.99. The summed E-state index contributed by atoms with van der Waals surface area (Å²) in [4.78, 5) is 24.2. The lowest BCUT2D eigenvalue weighted by Gasteiger charge is -2.40. The molecule has 2 N–H and O–H groups in total. The van der Waals surface area contributed by atoms with E-state index in [2.05, 4.69) is 20.9 Å². The van der Waals surface area contributed by atoms with Gasteiger partial charge in [-0.05, 0) is 31.0 Å². The average molecular weight is 505 g/mol. The number of nitrogens with one attached hydrogen (secondary N) is 2. The molecule has 1 aromatic carbocycles. The first-order chi connectivity index (χ1) is 14.8. The Morgan fingerprint density at radius 2 is 1.73 bits per heavy atom. The van der Waals surface area contributed by atoms with Crippen molar-refractivity contribution < 1.29 is 42.2 Å². The summed E-state index contributed by atoms with van der Waals surface area (Å²) in [5, 5.41) is 3.57. The highest BCUT2D eigenvalue weighted by atomic mass is 32.5. The van der Waals surface area contributed by atoms with Crippen molar-refractivity contribution in [1.82, 2.24) is 25.6 Å². The molecular formula is C17H15F8N5O2S. The van der Waals surface area contributed by atoms with Gasteiger partial charge in [-0.25, -0.2) is 9.67 Å². The average Bonchev–Trinajstić information content (AvgIpc) is 3.24. The lowest BCUT2D eigenvalue weighted by Crippen LogP contribution is -2.44. The molecule has 0 aliphatic heterocycles. The molecule has 3 rings (SSSR count). The van der Waals surface area contributed by atoms with Gasteiger partial charge < -0.3 is 0 Å². The summed E-state index contributed by atoms with van der Waals surface area (Å²) < 4.78 is 105. The monoisotopic (exact) mass is 505 g/mol. The standard InChI is InChI=1S/C17H15F8N5O2S/c1-16(3-4-16)15(32)28-27-13(31)2-5-30-9-26-14(29-30)10-6-11(17(18,19)20)8-12(7-10)33(21,22,23,24)25/h2,5-9H,3-4H2,1H3,(H,27,31)(H,28,32)/b5-2-. The number of carbonyl (C=O) groups is 2. The molecule has 1 aromatic heterocycles. The van der Waals surface area contributed by atoms with Gasteiger partial charge in [-0.1, -0.05) is 26.4 Å². The molecule has 0 saturated heterocycles. The maximum absolute atomic E-state index is 13.1. The largest absolute Gasteiger partial charge is 0.416 e. The summed E-state index contributed by atoms with van der Waals surface area (Å²) in [7, 11) is -10.4. The molecule has 1 aliphatic carbocycles. The van der Waals surface area contributed by atoms with Crippen LogP contribution in [0.15, 0.2) is 35.5 Å². The SMILES string of the molecule is CC1(C(=O)NNC(=O)/C=C\n2cnc(-c3cc(C(F)(F)F)cc(S(F)(F)(F)(F)F)c3)n2)CC1. The van der Waals surface area contributed by atoms with Crippen molar-refractivity contribution in [3.63, 3.8) is 0 Å². The van der Waals surface area contributed by atoms with Gasteiger partial charge in [0.1, 0.15) is 11.2 Å². The molecule has 16 heteroatoms. The summed E-state index contributed by atoms with van der Waals surface area (Å²) in [6.45, 7) is 1.69. The van der Waals surface area contributed by atoms with Crippen LogP contribution in [0.2, 0.25) is 0 Å². The molecule has 182 valence electrons. The second kappa shape index (κ2) is 6.91. The van der Waals surface area contributed by atoms with Gasteiger partial charge in [-0.2, -0.15) is 13.2 Å². The molecule has 2 aromatic rings. The molecule has 0 unspecified atom stereocenters. The van der Waals surface area contributed by atoms with Crippen LogP contribution in [0.3, 0.4) is 0 Å². The second-order valence-electron chi connectivity index (χ2n) is 7.58. The summed E-state index contributed by atoms with van der Waals surface area (Å²) in [6, 6.07) is -0.666. The third-order valence-electron chi connectivity index (χ3n) is 4.67. The molecule has 1 heterocycles. The molecule has 0 bridgehead atoms. The van der Waals surface area contributed by atoms with Crippen molar-refractivity contribution in [2.75, 3.05) is 0 Å². The number of halogens is 8. The van der Waals surface area contributed by atoms with Crippen LogP contribution in [0.5, 0.6) is 0 Å². The molecular weight excluding hydrogens is 490 g/mol. The molecule has 0 spiro atoms. The van der Waals surface area contributed by atoms with Crippen molar-refractivity contribution in [1.29, 1.82) is 0 Å². The van der Waals surface area contributed by atoms with E-state index in [4.69, 9.17) is 0 Å². The van der Waals surface area contributed by atoms with Crippen molar-refractivity contribution in [3.05, 3.63) is 36.2 Å². The minimum atomic E-state index is -10.4. The van der Waals surface area contributed by atoms with E-state index in [0.717, 1.165) is 23.3 Å². The number of rotatable bonds is 5. The van der Waals surface area contributed by atoms with Crippen LogP contribution < -0.4 is 10.9 Å². The minimum Gasteiger partial charge on any atom is -0.273 e. The van der Waals surface area contributed by atoms with Gasteiger partial charge in [0.25, 0.3) is 5.91 Å². The minimum absolute atomic E-state index is 0.180. The Balaban J connectivity index is 1.82. The van der Waals surface area contributed by atoms with Crippen LogP contribution in [0.4, 0.5) is 32.6 Å². The zero-order valence-corrected chi connectivity index (χ0v) is 17.3. The van der Waals surface area contributed by atoms with Gasteiger partial charge >= 0.3 is 16.4 Å². The van der Waals surface area contributed by atoms with E-state index >= 15 is 0 Å². The highest BCUT2D eigenvalue weighted by Crippen LogP contribution is 3.02. The van der Waals surface area contributed by atoms with E-state index in [9.17, 15) is 42.2 Å². The van der Waals surface area contributed by atoms with E-state index < -0.39 is 61.5 Å². The lowest BCUT2D eigenvalue weighted by atomic mass is 10.1. The number of hydrogen-bond acceptors (Lipinski definition) is 4. The molecule has 1 aliphatic rings. The highest BCUT2D eigenvalue weighted by Gasteiger charge is 2.66. The van der Waals surface area contributed by atoms with Gasteiger partial charge in [0.2, 0.25) is 5.91 Å². The van der Waals surface area contributed by atoms with E-state index in [1.165, 1.54) is 0 Å². The number of alkyl halides is 3. The van der Waals surface area contributed by atoms with Gasteiger partial charge in [-0.3, -0.25) is 20.4 Å². The number of amides is 2. The zero-order chi connectivity index (χ0) is 24.9. The fourth-order valence-electron chi connectivity index (χ4n) is 2.46. The first-order valence-electron chi connectivity index (χ1n) is 8.93. The maximum atomic E-state index is 13.1. The molecule has 7 nitrogen and oxygen atoms in total. The molecule has 2 amide bonds. The van der Waals surface area contributed by atoms with Gasteiger partial charge in [-0.15, -0.1) is 5.10 Å². The summed E-state index contributed by atoms with van der Waals surface area (Å²) in [5.74, 6) is -1.97. The Kier molecular flexibility index (Phi) is 5.13. The molecule has 1 saturated carbocycles. The Bertz CT molecular complexity index is 1150. The number of benzene rings is 1. The summed E-state index contributed by atoms with van der Waals surface area (Å²) >= 11 is 0. The smallest absolute Gasteiger partial charge is 0.273 e. The Labute approximate surface area is 180 Å². The normalized spacial score (nSPS) is 17.8.